The normalized spacial score (nSPS) is 26.8. The molecule has 33 heavy (non-hydrogen) atoms. The molecule has 1 aliphatic carbocycles. The molecule has 5 atom stereocenters. The first-order valence-electron chi connectivity index (χ1n) is 10.8. The van der Waals surface area contributed by atoms with Gasteiger partial charge in [-0.2, -0.15) is 26.3 Å². The first kappa shape index (κ1) is 24.0. The maximum atomic E-state index is 13.5. The third-order valence-corrected chi connectivity index (χ3v) is 6.79. The molecule has 2 nitrogen and oxygen atoms in total. The fourth-order valence-electron chi connectivity index (χ4n) is 5.18. The van der Waals surface area contributed by atoms with Crippen LogP contribution in [0.25, 0.3) is 0 Å². The van der Waals surface area contributed by atoms with Gasteiger partial charge in [0, 0.05) is 5.92 Å². The topological polar surface area (TPSA) is 21.3 Å². The number of fused-ring (bicyclic) bond motifs is 1. The number of hydrogen-bond acceptors (Lipinski definition) is 2. The summed E-state index contributed by atoms with van der Waals surface area (Å²) in [5, 5.41) is 3.35. The van der Waals surface area contributed by atoms with Gasteiger partial charge in [0.2, 0.25) is 0 Å². The van der Waals surface area contributed by atoms with Gasteiger partial charge in [-0.15, -0.1) is 0 Å². The number of ether oxygens (including phenoxy) is 1. The van der Waals surface area contributed by atoms with Crippen LogP contribution < -0.4 is 5.32 Å². The van der Waals surface area contributed by atoms with Crippen molar-refractivity contribution in [3.05, 3.63) is 70.5 Å². The van der Waals surface area contributed by atoms with Crippen LogP contribution in [-0.4, -0.2) is 19.2 Å². The Labute approximate surface area is 187 Å². The fraction of sp³-hybridized carbons (Fsp3) is 0.500. The van der Waals surface area contributed by atoms with Crippen molar-refractivity contribution in [1.29, 1.82) is 0 Å². The van der Waals surface area contributed by atoms with Crippen LogP contribution in [0.2, 0.25) is 0 Å². The van der Waals surface area contributed by atoms with Gasteiger partial charge in [0.15, 0.2) is 0 Å². The highest BCUT2D eigenvalue weighted by atomic mass is 19.4. The van der Waals surface area contributed by atoms with Crippen LogP contribution in [0.4, 0.5) is 30.7 Å². The number of hydrogen-bond donors (Lipinski definition) is 1. The molecule has 1 unspecified atom stereocenters. The molecule has 1 heterocycles. The van der Waals surface area contributed by atoms with Crippen LogP contribution in [0, 0.1) is 17.7 Å². The molecule has 2 aromatic rings. The van der Waals surface area contributed by atoms with Crippen LogP contribution in [0.1, 0.15) is 54.0 Å². The molecule has 0 radical (unpaired) electrons. The zero-order chi connectivity index (χ0) is 24.0. The predicted octanol–water partition coefficient (Wildman–Crippen LogP) is 6.72. The standard InChI is InChI=1S/C24H24F7NO/c1-13(16-8-17(23(26,27)28)10-18(9-16)24(29,30)31)33-21-7-4-15-11-32-12-20(15)22(21)14-2-5-19(25)6-3-14/h2-3,5-6,8-10,13,15,20-22,32H,4,7,11-12H2,1H3/t13-,15+,20?,21+,22+/m1/s1. The first-order chi connectivity index (χ1) is 15.4. The first-order valence-corrected chi connectivity index (χ1v) is 10.8. The van der Waals surface area contributed by atoms with Crippen molar-refractivity contribution in [1.82, 2.24) is 5.32 Å². The van der Waals surface area contributed by atoms with Crippen LogP contribution >= 0.6 is 0 Å². The molecule has 1 saturated heterocycles. The van der Waals surface area contributed by atoms with E-state index in [0.717, 1.165) is 37.2 Å². The highest BCUT2D eigenvalue weighted by molar-refractivity contribution is 5.35. The molecule has 0 bridgehead atoms. The van der Waals surface area contributed by atoms with Gasteiger partial charge in [0.05, 0.1) is 23.3 Å². The lowest BCUT2D eigenvalue weighted by atomic mass is 9.69. The molecule has 2 aromatic carbocycles. The molecule has 180 valence electrons. The summed E-state index contributed by atoms with van der Waals surface area (Å²) in [6.07, 6.45) is -9.80. The van der Waals surface area contributed by atoms with E-state index in [9.17, 15) is 30.7 Å². The molecule has 0 spiro atoms. The van der Waals surface area contributed by atoms with Crippen molar-refractivity contribution >= 4 is 0 Å². The summed E-state index contributed by atoms with van der Waals surface area (Å²) in [6.45, 7) is 3.03. The van der Waals surface area contributed by atoms with Crippen molar-refractivity contribution in [3.8, 4) is 0 Å². The Morgan fingerprint density at radius 3 is 2.06 bits per heavy atom. The molecule has 1 N–H and O–H groups in total. The van der Waals surface area contributed by atoms with Crippen molar-refractivity contribution in [2.24, 2.45) is 11.8 Å². The Balaban J connectivity index is 1.65. The summed E-state index contributed by atoms with van der Waals surface area (Å²) >= 11 is 0. The molecule has 4 rings (SSSR count). The zero-order valence-electron chi connectivity index (χ0n) is 17.8. The summed E-state index contributed by atoms with van der Waals surface area (Å²) in [7, 11) is 0. The monoisotopic (exact) mass is 475 g/mol. The van der Waals surface area contributed by atoms with Gasteiger partial charge >= 0.3 is 12.4 Å². The molecule has 9 heteroatoms. The number of nitrogens with one attached hydrogen (secondary N) is 1. The molecule has 0 aromatic heterocycles. The van der Waals surface area contributed by atoms with E-state index in [2.05, 4.69) is 5.32 Å². The van der Waals surface area contributed by atoms with E-state index in [1.54, 1.807) is 12.1 Å². The van der Waals surface area contributed by atoms with Gasteiger partial charge in [0.1, 0.15) is 5.82 Å². The van der Waals surface area contributed by atoms with E-state index < -0.39 is 35.7 Å². The van der Waals surface area contributed by atoms with Crippen molar-refractivity contribution in [2.45, 2.75) is 50.2 Å². The zero-order valence-corrected chi connectivity index (χ0v) is 17.8. The summed E-state index contributed by atoms with van der Waals surface area (Å²) < 4.78 is 99.3. The van der Waals surface area contributed by atoms with Gasteiger partial charge < -0.3 is 10.1 Å². The number of rotatable bonds is 4. The number of alkyl halides is 6. The molecule has 0 amide bonds. The van der Waals surface area contributed by atoms with Gasteiger partial charge in [-0.05, 0) is 86.1 Å². The minimum Gasteiger partial charge on any atom is -0.370 e. The third-order valence-electron chi connectivity index (χ3n) is 6.79. The summed E-state index contributed by atoms with van der Waals surface area (Å²) in [6, 6.07) is 7.61. The Morgan fingerprint density at radius 1 is 0.879 bits per heavy atom. The van der Waals surface area contributed by atoms with Crippen molar-refractivity contribution in [2.75, 3.05) is 13.1 Å². The Morgan fingerprint density at radius 2 is 1.48 bits per heavy atom. The minimum absolute atomic E-state index is 0.118. The third kappa shape index (κ3) is 5.19. The highest BCUT2D eigenvalue weighted by Crippen LogP contribution is 2.46. The van der Waals surface area contributed by atoms with Gasteiger partial charge in [-0.3, -0.25) is 0 Å². The quantitative estimate of drug-likeness (QED) is 0.496. The molecule has 2 fully saturated rings. The Kier molecular flexibility index (Phi) is 6.48. The van der Waals surface area contributed by atoms with Crippen LogP contribution in [0.15, 0.2) is 42.5 Å². The fourth-order valence-corrected chi connectivity index (χ4v) is 5.18. The van der Waals surface area contributed by atoms with E-state index in [1.807, 2.05) is 0 Å². The van der Waals surface area contributed by atoms with Gasteiger partial charge in [-0.1, -0.05) is 12.1 Å². The van der Waals surface area contributed by atoms with Crippen molar-refractivity contribution in [3.63, 3.8) is 0 Å². The molecule has 2 aliphatic rings. The summed E-state index contributed by atoms with van der Waals surface area (Å²) in [5.41, 5.74) is -2.04. The van der Waals surface area contributed by atoms with E-state index in [1.165, 1.54) is 19.1 Å². The van der Waals surface area contributed by atoms with E-state index >= 15 is 0 Å². The van der Waals surface area contributed by atoms with Gasteiger partial charge in [0.25, 0.3) is 0 Å². The van der Waals surface area contributed by atoms with E-state index in [0.29, 0.717) is 12.3 Å². The summed E-state index contributed by atoms with van der Waals surface area (Å²) in [4.78, 5) is 0. The maximum absolute atomic E-state index is 13.5. The average molecular weight is 475 g/mol. The smallest absolute Gasteiger partial charge is 0.370 e. The number of benzene rings is 2. The van der Waals surface area contributed by atoms with E-state index in [-0.39, 0.29) is 29.3 Å². The predicted molar refractivity (Wildman–Crippen MR) is 108 cm³/mol. The van der Waals surface area contributed by atoms with Crippen LogP contribution in [-0.2, 0) is 17.1 Å². The van der Waals surface area contributed by atoms with Crippen LogP contribution in [0.3, 0.4) is 0 Å². The summed E-state index contributed by atoms with van der Waals surface area (Å²) in [5.74, 6) is 0.0501. The molecular weight excluding hydrogens is 451 g/mol. The second-order valence-corrected chi connectivity index (χ2v) is 8.89. The lowest BCUT2D eigenvalue weighted by molar-refractivity contribution is -0.143. The largest absolute Gasteiger partial charge is 0.416 e. The second kappa shape index (κ2) is 8.91. The Hall–Kier alpha value is -2.13. The molecular formula is C24H24F7NO. The van der Waals surface area contributed by atoms with Crippen LogP contribution in [0.5, 0.6) is 0 Å². The minimum atomic E-state index is -4.92. The van der Waals surface area contributed by atoms with E-state index in [4.69, 9.17) is 4.74 Å². The number of halogens is 7. The average Bonchev–Trinajstić information content (AvgIpc) is 3.21. The Bertz CT molecular complexity index is 938. The molecule has 1 saturated carbocycles. The second-order valence-electron chi connectivity index (χ2n) is 8.89. The molecule has 1 aliphatic heterocycles. The lowest BCUT2D eigenvalue weighted by Gasteiger charge is -2.41. The van der Waals surface area contributed by atoms with Gasteiger partial charge in [-0.25, -0.2) is 4.39 Å². The highest BCUT2D eigenvalue weighted by Gasteiger charge is 2.44. The maximum Gasteiger partial charge on any atom is 0.416 e. The van der Waals surface area contributed by atoms with Crippen molar-refractivity contribution < 1.29 is 35.5 Å². The lowest BCUT2D eigenvalue weighted by Crippen LogP contribution is -2.38. The SMILES string of the molecule is C[C@@H](O[C@H]1CC[C@H]2CNCC2[C@@H]1c1ccc(F)cc1)c1cc(C(F)(F)F)cc(C(F)(F)F)c1.